The third-order valence-electron chi connectivity index (χ3n) is 18.4. The normalized spacial score (nSPS) is 14.0. The van der Waals surface area contributed by atoms with Gasteiger partial charge in [0.05, 0.1) is 26.4 Å². The van der Waals surface area contributed by atoms with E-state index < -0.39 is 97.5 Å². The van der Waals surface area contributed by atoms with E-state index in [1.165, 1.54) is 212 Å². The van der Waals surface area contributed by atoms with Crippen LogP contribution in [-0.4, -0.2) is 96.7 Å². The zero-order valence-corrected chi connectivity index (χ0v) is 66.0. The van der Waals surface area contributed by atoms with E-state index in [4.69, 9.17) is 37.0 Å². The molecule has 5 atom stereocenters. The maximum atomic E-state index is 13.1. The Kier molecular flexibility index (Phi) is 68.1. The molecule has 0 radical (unpaired) electrons. The second-order valence-corrected chi connectivity index (χ2v) is 32.8. The summed E-state index contributed by atoms with van der Waals surface area (Å²) in [6.07, 6.45) is 57.0. The van der Waals surface area contributed by atoms with Crippen molar-refractivity contribution >= 4 is 39.5 Å². The van der Waals surface area contributed by atoms with E-state index in [1.807, 2.05) is 0 Å². The molecule has 0 fully saturated rings. The highest BCUT2D eigenvalue weighted by molar-refractivity contribution is 7.47. The van der Waals surface area contributed by atoms with Gasteiger partial charge in [-0.15, -0.1) is 0 Å². The number of rotatable bonds is 77. The molecule has 0 aliphatic rings. The minimum Gasteiger partial charge on any atom is -0.462 e. The summed E-state index contributed by atoms with van der Waals surface area (Å²) in [4.78, 5) is 72.8. The average Bonchev–Trinajstić information content (AvgIpc) is 1.10. The van der Waals surface area contributed by atoms with Crippen LogP contribution in [0.3, 0.4) is 0 Å². The minimum absolute atomic E-state index is 0.106. The number of phosphoric acid groups is 2. The average molecular weight is 1440 g/mol. The highest BCUT2D eigenvalue weighted by Crippen LogP contribution is 2.45. The molecule has 0 amide bonds. The summed E-state index contributed by atoms with van der Waals surface area (Å²) in [6.45, 7) is 11.9. The zero-order valence-electron chi connectivity index (χ0n) is 64.3. The van der Waals surface area contributed by atoms with E-state index in [0.717, 1.165) is 114 Å². The molecule has 2 unspecified atom stereocenters. The molecule has 0 rings (SSSR count). The Morgan fingerprint density at radius 3 is 0.694 bits per heavy atom. The molecule has 0 heterocycles. The van der Waals surface area contributed by atoms with Crippen molar-refractivity contribution in [2.24, 2.45) is 17.8 Å². The number of aliphatic hydroxyl groups excluding tert-OH is 1. The van der Waals surface area contributed by atoms with Gasteiger partial charge in [0, 0.05) is 25.7 Å². The van der Waals surface area contributed by atoms with Gasteiger partial charge in [0.2, 0.25) is 0 Å². The van der Waals surface area contributed by atoms with E-state index in [2.05, 4.69) is 48.5 Å². The van der Waals surface area contributed by atoms with Crippen LogP contribution in [0.5, 0.6) is 0 Å². The third-order valence-corrected chi connectivity index (χ3v) is 20.3. The first kappa shape index (κ1) is 96.1. The number of hydrogen-bond acceptors (Lipinski definition) is 15. The number of hydrogen-bond donors (Lipinski definition) is 3. The number of carbonyl (C=O) groups excluding carboxylic acids is 4. The molecular weight excluding hydrogens is 1280 g/mol. The maximum Gasteiger partial charge on any atom is 0.472 e. The van der Waals surface area contributed by atoms with Gasteiger partial charge in [-0.25, -0.2) is 9.13 Å². The van der Waals surface area contributed by atoms with Gasteiger partial charge in [-0.2, -0.15) is 0 Å². The van der Waals surface area contributed by atoms with E-state index in [1.54, 1.807) is 0 Å². The SMILES string of the molecule is CCCCCCCCCCC(=O)OC[C@H](COP(=O)(O)OC[C@H](O)COP(=O)(O)OC[C@@H](COC(=O)CCCCCCCCCCCCCCC(C)C)OC(=O)CCCCCCCCCCCCCCCCCCCCC(C)C)OC(=O)CCCCCCCCCCCCCC(C)C. The molecule has 98 heavy (non-hydrogen) atoms. The van der Waals surface area contributed by atoms with Crippen molar-refractivity contribution in [3.8, 4) is 0 Å². The van der Waals surface area contributed by atoms with Crippen LogP contribution in [0.25, 0.3) is 0 Å². The van der Waals surface area contributed by atoms with Crippen molar-refractivity contribution < 1.29 is 80.2 Å². The molecule has 0 saturated carbocycles. The van der Waals surface area contributed by atoms with Crippen LogP contribution < -0.4 is 0 Å². The molecule has 0 aromatic heterocycles. The first-order valence-electron chi connectivity index (χ1n) is 40.8. The molecule has 0 aliphatic carbocycles. The summed E-state index contributed by atoms with van der Waals surface area (Å²) < 4.78 is 68.6. The lowest BCUT2D eigenvalue weighted by Crippen LogP contribution is -2.30. The van der Waals surface area contributed by atoms with Crippen molar-refractivity contribution in [1.29, 1.82) is 0 Å². The van der Waals surface area contributed by atoms with Crippen LogP contribution in [0.15, 0.2) is 0 Å². The maximum absolute atomic E-state index is 13.1. The molecule has 3 N–H and O–H groups in total. The Bertz CT molecular complexity index is 1900. The van der Waals surface area contributed by atoms with Crippen LogP contribution in [-0.2, 0) is 65.4 Å². The largest absolute Gasteiger partial charge is 0.472 e. The smallest absolute Gasteiger partial charge is 0.462 e. The van der Waals surface area contributed by atoms with Gasteiger partial charge < -0.3 is 33.8 Å². The Hall–Kier alpha value is -1.94. The number of esters is 4. The number of unbranched alkanes of at least 4 members (excludes halogenated alkanes) is 45. The predicted molar refractivity (Wildman–Crippen MR) is 400 cm³/mol. The first-order valence-corrected chi connectivity index (χ1v) is 43.8. The molecule has 0 aliphatic heterocycles. The van der Waals surface area contributed by atoms with Crippen molar-refractivity contribution in [3.63, 3.8) is 0 Å². The molecule has 17 nitrogen and oxygen atoms in total. The number of phosphoric ester groups is 2. The Morgan fingerprint density at radius 2 is 0.469 bits per heavy atom. The van der Waals surface area contributed by atoms with Crippen molar-refractivity contribution in [2.75, 3.05) is 39.6 Å². The second-order valence-electron chi connectivity index (χ2n) is 29.9. The lowest BCUT2D eigenvalue weighted by molar-refractivity contribution is -0.161. The lowest BCUT2D eigenvalue weighted by atomic mass is 10.0. The zero-order chi connectivity index (χ0) is 72.3. The van der Waals surface area contributed by atoms with E-state index >= 15 is 0 Å². The summed E-state index contributed by atoms with van der Waals surface area (Å²) in [6, 6.07) is 0. The van der Waals surface area contributed by atoms with Crippen molar-refractivity contribution in [2.45, 2.75) is 426 Å². The molecule has 0 saturated heterocycles. The Morgan fingerprint density at radius 1 is 0.276 bits per heavy atom. The number of ether oxygens (including phenoxy) is 4. The lowest BCUT2D eigenvalue weighted by Gasteiger charge is -2.21. The highest BCUT2D eigenvalue weighted by Gasteiger charge is 2.30. The fourth-order valence-electron chi connectivity index (χ4n) is 12.1. The molecule has 582 valence electrons. The first-order chi connectivity index (χ1) is 47.2. The number of carbonyl (C=O) groups is 4. The van der Waals surface area contributed by atoms with Crippen LogP contribution >= 0.6 is 15.6 Å². The Balaban J connectivity index is 5.19. The topological polar surface area (TPSA) is 237 Å². The van der Waals surface area contributed by atoms with Gasteiger partial charge in [-0.3, -0.25) is 37.3 Å². The molecule has 19 heteroatoms. The van der Waals surface area contributed by atoms with Crippen LogP contribution in [0, 0.1) is 17.8 Å². The standard InChI is InChI=1S/C79H154O17P2/c1-8-9-10-11-12-39-46-53-60-76(81)89-66-74(95-79(84)63-56-49-42-35-29-23-26-32-38-45-52-59-72(6)7)68-93-97(85,86)91-64-73(80)65-92-98(87,88)94-69-75(67-90-77(82)61-54-47-40-33-27-22-21-25-31-37-44-51-58-71(4)5)96-78(83)62-55-48-41-34-28-20-18-16-14-13-15-17-19-24-30-36-43-50-57-70(2)3/h70-75,80H,8-69H2,1-7H3,(H,85,86)(H,87,88)/t73-,74+,75+/m0/s1. The van der Waals surface area contributed by atoms with Gasteiger partial charge in [-0.05, 0) is 43.4 Å². The summed E-state index contributed by atoms with van der Waals surface area (Å²) in [5, 5.41) is 10.6. The van der Waals surface area contributed by atoms with E-state index in [-0.39, 0.29) is 25.7 Å². The molecule has 0 spiro atoms. The van der Waals surface area contributed by atoms with Crippen LogP contribution in [0.4, 0.5) is 0 Å². The highest BCUT2D eigenvalue weighted by atomic mass is 31.2. The predicted octanol–water partition coefficient (Wildman–Crippen LogP) is 23.4. The minimum atomic E-state index is -4.96. The summed E-state index contributed by atoms with van der Waals surface area (Å²) >= 11 is 0. The fourth-order valence-corrected chi connectivity index (χ4v) is 13.7. The number of aliphatic hydroxyl groups is 1. The quantitative estimate of drug-likeness (QED) is 0.0222. The van der Waals surface area contributed by atoms with Gasteiger partial charge in [0.15, 0.2) is 12.2 Å². The van der Waals surface area contributed by atoms with Crippen LogP contribution in [0.2, 0.25) is 0 Å². The summed E-state index contributed by atoms with van der Waals surface area (Å²) in [5.41, 5.74) is 0. The van der Waals surface area contributed by atoms with E-state index in [9.17, 15) is 43.2 Å². The molecule has 0 bridgehead atoms. The van der Waals surface area contributed by atoms with Gasteiger partial charge in [-0.1, -0.05) is 357 Å². The third kappa shape index (κ3) is 72.4. The molecular formula is C79H154O17P2. The monoisotopic (exact) mass is 1440 g/mol. The summed E-state index contributed by atoms with van der Waals surface area (Å²) in [5.74, 6) is 0.252. The van der Waals surface area contributed by atoms with E-state index in [0.29, 0.717) is 25.7 Å². The molecule has 0 aromatic rings. The van der Waals surface area contributed by atoms with Gasteiger partial charge in [0.25, 0.3) is 0 Å². The summed E-state index contributed by atoms with van der Waals surface area (Å²) in [7, 11) is -9.91. The van der Waals surface area contributed by atoms with Crippen molar-refractivity contribution in [3.05, 3.63) is 0 Å². The van der Waals surface area contributed by atoms with Crippen molar-refractivity contribution in [1.82, 2.24) is 0 Å². The Labute approximate surface area is 600 Å². The van der Waals surface area contributed by atoms with Gasteiger partial charge >= 0.3 is 39.5 Å². The second kappa shape index (κ2) is 69.4. The molecule has 0 aromatic carbocycles. The fraction of sp³-hybridized carbons (Fsp3) is 0.949. The van der Waals surface area contributed by atoms with Gasteiger partial charge in [0.1, 0.15) is 19.3 Å². The van der Waals surface area contributed by atoms with Crippen LogP contribution in [0.1, 0.15) is 408 Å².